The Kier molecular flexibility index (Phi) is 9.08. The van der Waals surface area contributed by atoms with E-state index >= 15 is 0 Å². The van der Waals surface area contributed by atoms with Crippen LogP contribution in [0.3, 0.4) is 0 Å². The van der Waals surface area contributed by atoms with Crippen LogP contribution in [0.2, 0.25) is 0 Å². The van der Waals surface area contributed by atoms with Gasteiger partial charge in [0.25, 0.3) is 0 Å². The molecule has 5 rings (SSSR count). The topological polar surface area (TPSA) is 53.4 Å². The van der Waals surface area contributed by atoms with Crippen molar-refractivity contribution >= 4 is 17.4 Å². The number of ether oxygens (including phenoxy) is 2. The summed E-state index contributed by atoms with van der Waals surface area (Å²) in [5, 5.41) is 0. The minimum Gasteiger partial charge on any atom is -0.494 e. The molecule has 0 saturated heterocycles. The molecule has 0 N–H and O–H groups in total. The van der Waals surface area contributed by atoms with E-state index < -0.39 is 0 Å². The Bertz CT molecular complexity index is 1300. The summed E-state index contributed by atoms with van der Waals surface area (Å²) in [6, 6.07) is 16.6. The molecule has 5 nitrogen and oxygen atoms in total. The van der Waals surface area contributed by atoms with Crippen molar-refractivity contribution in [2.45, 2.75) is 84.2 Å². The number of carbonyl (C=O) groups is 1. The lowest BCUT2D eigenvalue weighted by atomic mass is 9.76. The summed E-state index contributed by atoms with van der Waals surface area (Å²) in [5.74, 6) is 3.63. The molecule has 1 unspecified atom stereocenters. The van der Waals surface area contributed by atoms with Gasteiger partial charge < -0.3 is 14.0 Å². The van der Waals surface area contributed by atoms with Crippen LogP contribution >= 0.6 is 0 Å². The molecule has 1 saturated carbocycles. The fourth-order valence-corrected chi connectivity index (χ4v) is 6.10. The standard InChI is InChI=1S/C35H44N2O3/c1-35(2,33(38)23-27-13-8-5-9-14-27)19-10-22-39-29-16-18-31-28(24-29)25-30(34-36-20-21-37(34)3)32(40-31)17-15-26-11-6-4-7-12-26/h4,6-7,11-12,16,18,20-21,24-25,27,32H,5,8-10,13-15,17,19,22-23H2,1-3H3. The van der Waals surface area contributed by atoms with Gasteiger partial charge in [-0.2, -0.15) is 0 Å². The Morgan fingerprint density at radius 3 is 2.65 bits per heavy atom. The van der Waals surface area contributed by atoms with Crippen molar-refractivity contribution in [1.82, 2.24) is 9.55 Å². The lowest BCUT2D eigenvalue weighted by Crippen LogP contribution is -2.27. The van der Waals surface area contributed by atoms with Gasteiger partial charge in [0.05, 0.1) is 6.61 Å². The van der Waals surface area contributed by atoms with Crippen LogP contribution in [0.4, 0.5) is 0 Å². The van der Waals surface area contributed by atoms with E-state index in [1.807, 2.05) is 42.2 Å². The predicted octanol–water partition coefficient (Wildman–Crippen LogP) is 8.08. The lowest BCUT2D eigenvalue weighted by Gasteiger charge is -2.28. The number of benzene rings is 2. The fourth-order valence-electron chi connectivity index (χ4n) is 6.10. The van der Waals surface area contributed by atoms with Crippen LogP contribution in [0.5, 0.6) is 11.5 Å². The van der Waals surface area contributed by atoms with Crippen molar-refractivity contribution in [2.75, 3.05) is 6.61 Å². The highest BCUT2D eigenvalue weighted by atomic mass is 16.5. The molecule has 1 aromatic heterocycles. The molecule has 40 heavy (non-hydrogen) atoms. The maximum absolute atomic E-state index is 13.0. The van der Waals surface area contributed by atoms with Gasteiger partial charge in [-0.05, 0) is 61.4 Å². The number of hydrogen-bond acceptors (Lipinski definition) is 4. The van der Waals surface area contributed by atoms with Crippen LogP contribution in [0.25, 0.3) is 11.6 Å². The van der Waals surface area contributed by atoms with Crippen LogP contribution in [0.15, 0.2) is 60.9 Å². The number of ketones is 1. The third-order valence-corrected chi connectivity index (χ3v) is 8.69. The van der Waals surface area contributed by atoms with E-state index in [0.29, 0.717) is 18.3 Å². The van der Waals surface area contributed by atoms with Gasteiger partial charge in [-0.15, -0.1) is 0 Å². The van der Waals surface area contributed by atoms with Crippen LogP contribution in [0.1, 0.15) is 88.6 Å². The average Bonchev–Trinajstić information content (AvgIpc) is 3.40. The first kappa shape index (κ1) is 28.2. The quantitative estimate of drug-likeness (QED) is 0.218. The molecule has 2 aromatic carbocycles. The van der Waals surface area contributed by atoms with Crippen LogP contribution in [-0.4, -0.2) is 28.0 Å². The van der Waals surface area contributed by atoms with Crippen molar-refractivity contribution in [2.24, 2.45) is 18.4 Å². The minimum atomic E-state index is -0.293. The van der Waals surface area contributed by atoms with Gasteiger partial charge in [-0.25, -0.2) is 4.98 Å². The highest BCUT2D eigenvalue weighted by Crippen LogP contribution is 2.38. The number of aryl methyl sites for hydroxylation is 2. The first-order valence-corrected chi connectivity index (χ1v) is 15.1. The number of imidazole rings is 1. The second kappa shape index (κ2) is 12.9. The number of fused-ring (bicyclic) bond motifs is 1. The molecule has 5 heteroatoms. The fraction of sp³-hybridized carbons (Fsp3) is 0.486. The summed E-state index contributed by atoms with van der Waals surface area (Å²) < 4.78 is 14.8. The molecule has 2 aliphatic rings. The number of nitrogens with zero attached hydrogens (tertiary/aromatic N) is 2. The van der Waals surface area contributed by atoms with E-state index in [2.05, 4.69) is 55.2 Å². The Labute approximate surface area is 239 Å². The van der Waals surface area contributed by atoms with Gasteiger partial charge in [-0.1, -0.05) is 76.3 Å². The van der Waals surface area contributed by atoms with E-state index in [1.165, 1.54) is 37.7 Å². The molecule has 1 aliphatic heterocycles. The number of Topliss-reactive ketones (excluding diaryl/α,β-unsaturated/α-hetero) is 1. The van der Waals surface area contributed by atoms with Gasteiger partial charge in [-0.3, -0.25) is 4.79 Å². The lowest BCUT2D eigenvalue weighted by molar-refractivity contribution is -0.128. The van der Waals surface area contributed by atoms with Crippen LogP contribution in [-0.2, 0) is 18.3 Å². The molecule has 0 radical (unpaired) electrons. The monoisotopic (exact) mass is 540 g/mol. The maximum Gasteiger partial charge on any atom is 0.139 e. The number of rotatable bonds is 12. The zero-order valence-corrected chi connectivity index (χ0v) is 24.4. The summed E-state index contributed by atoms with van der Waals surface area (Å²) in [5.41, 5.74) is 3.11. The third kappa shape index (κ3) is 7.04. The zero-order valence-electron chi connectivity index (χ0n) is 24.4. The van der Waals surface area contributed by atoms with Crippen LogP contribution < -0.4 is 9.47 Å². The molecule has 0 spiro atoms. The molecule has 0 bridgehead atoms. The van der Waals surface area contributed by atoms with E-state index in [-0.39, 0.29) is 11.5 Å². The predicted molar refractivity (Wildman–Crippen MR) is 161 cm³/mol. The second-order valence-corrected chi connectivity index (χ2v) is 12.3. The van der Waals surface area contributed by atoms with Crippen LogP contribution in [0, 0.1) is 11.3 Å². The summed E-state index contributed by atoms with van der Waals surface area (Å²) >= 11 is 0. The van der Waals surface area contributed by atoms with Crippen molar-refractivity contribution in [3.8, 4) is 11.5 Å². The van der Waals surface area contributed by atoms with E-state index in [9.17, 15) is 4.79 Å². The maximum atomic E-state index is 13.0. The first-order valence-electron chi connectivity index (χ1n) is 15.1. The highest BCUT2D eigenvalue weighted by Gasteiger charge is 2.30. The number of hydrogen-bond donors (Lipinski definition) is 0. The SMILES string of the molecule is Cn1ccnc1C1=Cc2cc(OCCCC(C)(C)C(=O)CC3CCCCC3)ccc2OC1CCc1ccccc1. The van der Waals surface area contributed by atoms with Gasteiger partial charge in [0.1, 0.15) is 29.2 Å². The molecule has 3 aromatic rings. The molecule has 1 fully saturated rings. The Morgan fingerprint density at radius 1 is 1.10 bits per heavy atom. The summed E-state index contributed by atoms with van der Waals surface area (Å²) in [6.07, 6.45) is 16.5. The van der Waals surface area contributed by atoms with Crippen molar-refractivity contribution in [3.63, 3.8) is 0 Å². The molecule has 212 valence electrons. The third-order valence-electron chi connectivity index (χ3n) is 8.69. The highest BCUT2D eigenvalue weighted by molar-refractivity contribution is 5.85. The average molecular weight is 541 g/mol. The molecule has 1 aliphatic carbocycles. The molecule has 1 atom stereocenters. The largest absolute Gasteiger partial charge is 0.494 e. The van der Waals surface area contributed by atoms with Crippen molar-refractivity contribution in [3.05, 3.63) is 77.9 Å². The number of carbonyl (C=O) groups excluding carboxylic acids is 1. The minimum absolute atomic E-state index is 0.0750. The molecule has 2 heterocycles. The van der Waals surface area contributed by atoms with Gasteiger partial charge in [0.15, 0.2) is 0 Å². The second-order valence-electron chi connectivity index (χ2n) is 12.3. The normalized spacial score (nSPS) is 17.6. The zero-order chi connectivity index (χ0) is 28.0. The van der Waals surface area contributed by atoms with Gasteiger partial charge >= 0.3 is 0 Å². The smallest absolute Gasteiger partial charge is 0.139 e. The van der Waals surface area contributed by atoms with Crippen molar-refractivity contribution in [1.29, 1.82) is 0 Å². The van der Waals surface area contributed by atoms with E-state index in [4.69, 9.17) is 9.47 Å². The molecule has 0 amide bonds. The Balaban J connectivity index is 1.20. The Morgan fingerprint density at radius 2 is 1.90 bits per heavy atom. The Hall–Kier alpha value is -3.34. The summed E-state index contributed by atoms with van der Waals surface area (Å²) in [4.78, 5) is 17.6. The van der Waals surface area contributed by atoms with E-state index in [0.717, 1.165) is 60.6 Å². The summed E-state index contributed by atoms with van der Waals surface area (Å²) in [6.45, 7) is 4.80. The molecular formula is C35H44N2O3. The van der Waals surface area contributed by atoms with Crippen molar-refractivity contribution < 1.29 is 14.3 Å². The van der Waals surface area contributed by atoms with E-state index in [1.54, 1.807) is 0 Å². The van der Waals surface area contributed by atoms with Gasteiger partial charge in [0, 0.05) is 42.4 Å². The van der Waals surface area contributed by atoms with Gasteiger partial charge in [0.2, 0.25) is 0 Å². The first-order chi connectivity index (χ1) is 19.4. The molecular weight excluding hydrogens is 496 g/mol. The summed E-state index contributed by atoms with van der Waals surface area (Å²) in [7, 11) is 2.02. The number of aromatic nitrogens is 2.